The molecule has 4 heterocycles. The van der Waals surface area contributed by atoms with Crippen LogP contribution in [0.1, 0.15) is 16.9 Å². The number of hydrogen-bond acceptors (Lipinski definition) is 9. The number of carbonyl (C=O) groups excluding carboxylic acids is 1. The number of halogens is 2. The van der Waals surface area contributed by atoms with Crippen LogP contribution in [0, 0.1) is 11.6 Å². The molecule has 0 spiro atoms. The van der Waals surface area contributed by atoms with Gasteiger partial charge in [0.2, 0.25) is 0 Å². The predicted octanol–water partition coefficient (Wildman–Crippen LogP) is 3.43. The molecule has 176 valence electrons. The number of piperidine rings is 1. The number of amides is 1. The van der Waals surface area contributed by atoms with Gasteiger partial charge in [0.15, 0.2) is 5.69 Å². The molecule has 12 heteroatoms. The van der Waals surface area contributed by atoms with E-state index in [0.29, 0.717) is 25.2 Å². The Morgan fingerprint density at radius 1 is 1.26 bits per heavy atom. The van der Waals surface area contributed by atoms with E-state index in [2.05, 4.69) is 15.3 Å². The van der Waals surface area contributed by atoms with Gasteiger partial charge in [0.25, 0.3) is 5.91 Å². The minimum Gasteiger partial charge on any atom is -0.391 e. The first-order valence-corrected chi connectivity index (χ1v) is 12.1. The highest BCUT2D eigenvalue weighted by Gasteiger charge is 2.29. The van der Waals surface area contributed by atoms with E-state index in [4.69, 9.17) is 11.5 Å². The first-order valence-electron chi connectivity index (χ1n) is 10.4. The normalized spacial score (nSPS) is 18.4. The summed E-state index contributed by atoms with van der Waals surface area (Å²) in [5, 5.41) is 14.8. The molecule has 0 radical (unpaired) electrons. The van der Waals surface area contributed by atoms with Crippen LogP contribution in [-0.4, -0.2) is 46.2 Å². The Labute approximate surface area is 200 Å². The van der Waals surface area contributed by atoms with E-state index in [1.165, 1.54) is 17.4 Å². The third kappa shape index (κ3) is 3.98. The first kappa shape index (κ1) is 22.6. The Morgan fingerprint density at radius 3 is 2.76 bits per heavy atom. The highest BCUT2D eigenvalue weighted by Crippen LogP contribution is 2.39. The van der Waals surface area contributed by atoms with E-state index < -0.39 is 29.7 Å². The number of pyridine rings is 1. The molecule has 0 aliphatic carbocycles. The number of rotatable bonds is 4. The maximum atomic E-state index is 14.2. The van der Waals surface area contributed by atoms with Gasteiger partial charge in [-0.2, -0.15) is 0 Å². The highest BCUT2D eigenvalue weighted by atomic mass is 32.1. The zero-order chi connectivity index (χ0) is 24.0. The van der Waals surface area contributed by atoms with Gasteiger partial charge in [-0.15, -0.1) is 11.3 Å². The third-order valence-electron chi connectivity index (χ3n) is 5.68. The standard InChI is InChI=1S/C22H20F2N6O2S2/c23-10-2-1-3-11(24)16(10)22-29-17(20(26)34-22)21(32)28-14-8-27-13-5-7-33-19(13)18(14)30-6-4-15(31)12(25)9-30/h1-3,5,7-8,12,15,31H,4,6,9,25-26H2,(H,28,32)/t12?,15-/m0/s1. The van der Waals surface area contributed by atoms with Crippen molar-refractivity contribution in [3.8, 4) is 10.6 Å². The Hall–Kier alpha value is -3.19. The molecule has 34 heavy (non-hydrogen) atoms. The number of aliphatic hydroxyl groups is 1. The SMILES string of the molecule is Nc1sc(-c2c(F)cccc2F)nc1C(=O)Nc1cnc2ccsc2c1N1CC[C@H](O)C(N)C1. The van der Waals surface area contributed by atoms with Crippen molar-refractivity contribution in [2.45, 2.75) is 18.6 Å². The molecule has 1 amide bonds. The van der Waals surface area contributed by atoms with Gasteiger partial charge >= 0.3 is 0 Å². The molecule has 1 fully saturated rings. The number of aromatic nitrogens is 2. The van der Waals surface area contributed by atoms with Crippen molar-refractivity contribution < 1.29 is 18.7 Å². The first-order chi connectivity index (χ1) is 16.3. The van der Waals surface area contributed by atoms with Crippen LogP contribution in [-0.2, 0) is 0 Å². The lowest BCUT2D eigenvalue weighted by atomic mass is 10.0. The summed E-state index contributed by atoms with van der Waals surface area (Å²) in [5.74, 6) is -2.21. The molecule has 2 atom stereocenters. The molecule has 1 unspecified atom stereocenters. The van der Waals surface area contributed by atoms with Crippen LogP contribution in [0.15, 0.2) is 35.8 Å². The van der Waals surface area contributed by atoms with Crippen LogP contribution < -0.4 is 21.7 Å². The molecule has 4 aromatic rings. The molecular formula is C22H20F2N6O2S2. The van der Waals surface area contributed by atoms with Crippen LogP contribution in [0.4, 0.5) is 25.2 Å². The molecule has 8 nitrogen and oxygen atoms in total. The zero-order valence-electron chi connectivity index (χ0n) is 17.7. The molecule has 6 N–H and O–H groups in total. The number of anilines is 3. The summed E-state index contributed by atoms with van der Waals surface area (Å²) in [7, 11) is 0. The summed E-state index contributed by atoms with van der Waals surface area (Å²) < 4.78 is 29.3. The second-order valence-corrected chi connectivity index (χ2v) is 9.85. The van der Waals surface area contributed by atoms with Crippen molar-refractivity contribution in [2.24, 2.45) is 5.73 Å². The van der Waals surface area contributed by atoms with Gasteiger partial charge in [-0.1, -0.05) is 17.4 Å². The summed E-state index contributed by atoms with van der Waals surface area (Å²) in [5.41, 5.74) is 13.6. The van der Waals surface area contributed by atoms with Crippen LogP contribution in [0.2, 0.25) is 0 Å². The van der Waals surface area contributed by atoms with Crippen molar-refractivity contribution in [3.05, 3.63) is 53.2 Å². The summed E-state index contributed by atoms with van der Waals surface area (Å²) in [6.07, 6.45) is 1.43. The molecule has 1 saturated heterocycles. The van der Waals surface area contributed by atoms with Crippen LogP contribution >= 0.6 is 22.7 Å². The molecule has 0 bridgehead atoms. The third-order valence-corrected chi connectivity index (χ3v) is 7.49. The van der Waals surface area contributed by atoms with E-state index in [-0.39, 0.29) is 21.3 Å². The molecule has 3 aromatic heterocycles. The Kier molecular flexibility index (Phi) is 5.90. The summed E-state index contributed by atoms with van der Waals surface area (Å²) >= 11 is 2.30. The smallest absolute Gasteiger partial charge is 0.277 e. The maximum absolute atomic E-state index is 14.2. The van der Waals surface area contributed by atoms with E-state index in [0.717, 1.165) is 39.4 Å². The number of carbonyl (C=O) groups is 1. The highest BCUT2D eigenvalue weighted by molar-refractivity contribution is 7.19. The van der Waals surface area contributed by atoms with Gasteiger partial charge in [-0.25, -0.2) is 13.8 Å². The average molecular weight is 503 g/mol. The monoisotopic (exact) mass is 502 g/mol. The molecule has 1 aliphatic heterocycles. The van der Waals surface area contributed by atoms with Gasteiger partial charge in [0, 0.05) is 19.1 Å². The minimum atomic E-state index is -0.793. The van der Waals surface area contributed by atoms with Crippen LogP contribution in [0.5, 0.6) is 0 Å². The molecule has 1 aliphatic rings. The Bertz CT molecular complexity index is 1370. The fourth-order valence-corrected chi connectivity index (χ4v) is 5.76. The lowest BCUT2D eigenvalue weighted by molar-refractivity contribution is 0.102. The van der Waals surface area contributed by atoms with E-state index >= 15 is 0 Å². The number of thiazole rings is 1. The molecule has 0 saturated carbocycles. The van der Waals surface area contributed by atoms with E-state index in [9.17, 15) is 18.7 Å². The van der Waals surface area contributed by atoms with Gasteiger partial charge in [0.1, 0.15) is 21.6 Å². The number of hydrogen-bond donors (Lipinski definition) is 4. The van der Waals surface area contributed by atoms with Gasteiger partial charge in [-0.05, 0) is 30.0 Å². The lowest BCUT2D eigenvalue weighted by Gasteiger charge is -2.36. The number of nitrogens with zero attached hydrogens (tertiary/aromatic N) is 3. The minimum absolute atomic E-state index is 0.0266. The number of aliphatic hydroxyl groups excluding tert-OH is 1. The van der Waals surface area contributed by atoms with E-state index in [1.54, 1.807) is 6.20 Å². The number of thiophene rings is 1. The average Bonchev–Trinajstić information content (AvgIpc) is 3.42. The van der Waals surface area contributed by atoms with Crippen molar-refractivity contribution >= 4 is 55.2 Å². The maximum Gasteiger partial charge on any atom is 0.277 e. The summed E-state index contributed by atoms with van der Waals surface area (Å²) in [6.45, 7) is 0.945. The van der Waals surface area contributed by atoms with Gasteiger partial charge in [0.05, 0.1) is 39.5 Å². The number of nitrogen functional groups attached to an aromatic ring is 1. The molecular weight excluding hydrogens is 482 g/mol. The predicted molar refractivity (Wildman–Crippen MR) is 130 cm³/mol. The Morgan fingerprint density at radius 2 is 2.03 bits per heavy atom. The van der Waals surface area contributed by atoms with Gasteiger partial charge < -0.3 is 26.8 Å². The topological polar surface area (TPSA) is 130 Å². The fraction of sp³-hybridized carbons (Fsp3) is 0.227. The zero-order valence-corrected chi connectivity index (χ0v) is 19.3. The molecule has 5 rings (SSSR count). The van der Waals surface area contributed by atoms with Crippen molar-refractivity contribution in [1.29, 1.82) is 0 Å². The summed E-state index contributed by atoms with van der Waals surface area (Å²) in [6, 6.07) is 4.92. The number of nitrogens with two attached hydrogens (primary N) is 2. The van der Waals surface area contributed by atoms with Crippen molar-refractivity contribution in [1.82, 2.24) is 9.97 Å². The lowest BCUT2D eigenvalue weighted by Crippen LogP contribution is -2.51. The largest absolute Gasteiger partial charge is 0.391 e. The second kappa shape index (κ2) is 8.87. The van der Waals surface area contributed by atoms with Crippen molar-refractivity contribution in [2.75, 3.05) is 29.0 Å². The van der Waals surface area contributed by atoms with Crippen LogP contribution in [0.25, 0.3) is 20.8 Å². The summed E-state index contributed by atoms with van der Waals surface area (Å²) in [4.78, 5) is 23.7. The van der Waals surface area contributed by atoms with Crippen LogP contribution in [0.3, 0.4) is 0 Å². The van der Waals surface area contributed by atoms with Gasteiger partial charge in [-0.3, -0.25) is 9.78 Å². The molecule has 1 aromatic carbocycles. The second-order valence-electron chi connectivity index (χ2n) is 7.90. The number of benzene rings is 1. The fourth-order valence-electron chi connectivity index (χ4n) is 3.96. The number of fused-ring (bicyclic) bond motifs is 1. The van der Waals surface area contributed by atoms with E-state index in [1.807, 2.05) is 16.3 Å². The Balaban J connectivity index is 1.50. The van der Waals surface area contributed by atoms with Crippen molar-refractivity contribution in [3.63, 3.8) is 0 Å². The quantitative estimate of drug-likeness (QED) is 0.336. The number of nitrogens with one attached hydrogen (secondary N) is 1.